The molecule has 0 N–H and O–H groups in total. The smallest absolute Gasteiger partial charge is 0.298 e. The Morgan fingerprint density at radius 3 is 2.33 bits per heavy atom. The number of nitrogens with zero attached hydrogens (tertiary/aromatic N) is 1. The van der Waals surface area contributed by atoms with Crippen molar-refractivity contribution >= 4 is 6.29 Å². The summed E-state index contributed by atoms with van der Waals surface area (Å²) in [4.78, 5) is 13.1. The van der Waals surface area contributed by atoms with Gasteiger partial charge in [0.05, 0.1) is 0 Å². The number of aromatic nitrogens is 1. The lowest BCUT2D eigenvalue weighted by Gasteiger charge is -2.08. The first-order valence-corrected chi connectivity index (χ1v) is 3.66. The van der Waals surface area contributed by atoms with Gasteiger partial charge in [-0.25, -0.2) is 8.78 Å². The average Bonchev–Trinajstić information content (AvgIpc) is 2.15. The molecule has 0 radical (unpaired) electrons. The lowest BCUT2D eigenvalue weighted by molar-refractivity contribution is -0.141. The van der Waals surface area contributed by atoms with Crippen LogP contribution in [0.15, 0.2) is 12.3 Å². The zero-order chi connectivity index (χ0) is 11.6. The average molecular weight is 225 g/mol. The largest absolute Gasteiger partial charge is 0.433 e. The predicted octanol–water partition coefficient (Wildman–Crippen LogP) is 2.85. The molecular formula is C8H4F5NO. The first kappa shape index (κ1) is 11.5. The molecule has 0 atom stereocenters. The highest BCUT2D eigenvalue weighted by Gasteiger charge is 2.33. The second kappa shape index (κ2) is 3.92. The summed E-state index contributed by atoms with van der Waals surface area (Å²) in [6, 6.07) is 0.175. The molecule has 0 aromatic carbocycles. The molecule has 0 saturated carbocycles. The maximum absolute atomic E-state index is 12.2. The lowest BCUT2D eigenvalue weighted by atomic mass is 10.1. The Morgan fingerprint density at radius 1 is 1.33 bits per heavy atom. The molecule has 0 bridgehead atoms. The van der Waals surface area contributed by atoms with E-state index in [1.54, 1.807) is 0 Å². The maximum atomic E-state index is 12.2. The number of carbonyl (C=O) groups is 1. The van der Waals surface area contributed by atoms with Gasteiger partial charge in [0, 0.05) is 17.3 Å². The van der Waals surface area contributed by atoms with E-state index in [-0.39, 0.29) is 12.4 Å². The normalized spacial score (nSPS) is 11.9. The lowest BCUT2D eigenvalue weighted by Crippen LogP contribution is -2.10. The van der Waals surface area contributed by atoms with Crippen LogP contribution in [0.4, 0.5) is 22.0 Å². The third-order valence-electron chi connectivity index (χ3n) is 1.62. The Balaban J connectivity index is 3.28. The van der Waals surface area contributed by atoms with Crippen LogP contribution in [-0.2, 0) is 6.18 Å². The molecule has 0 aliphatic rings. The van der Waals surface area contributed by atoms with E-state index in [9.17, 15) is 26.7 Å². The summed E-state index contributed by atoms with van der Waals surface area (Å²) in [6.45, 7) is 0. The molecule has 0 aliphatic heterocycles. The molecule has 1 rings (SSSR count). The van der Waals surface area contributed by atoms with Gasteiger partial charge in [-0.2, -0.15) is 13.2 Å². The van der Waals surface area contributed by atoms with Crippen molar-refractivity contribution in [2.45, 2.75) is 12.6 Å². The van der Waals surface area contributed by atoms with E-state index in [0.29, 0.717) is 6.20 Å². The Labute approximate surface area is 80.7 Å². The van der Waals surface area contributed by atoms with Gasteiger partial charge in [0.15, 0.2) is 6.29 Å². The number of hydrogen-bond donors (Lipinski definition) is 0. The van der Waals surface area contributed by atoms with Gasteiger partial charge in [-0.05, 0) is 6.07 Å². The first-order valence-electron chi connectivity index (χ1n) is 3.66. The van der Waals surface area contributed by atoms with Crippen LogP contribution < -0.4 is 0 Å². The summed E-state index contributed by atoms with van der Waals surface area (Å²) in [5, 5.41) is 0. The fraction of sp³-hybridized carbons (Fsp3) is 0.250. The number of carbonyl (C=O) groups excluding carboxylic acids is 1. The van der Waals surface area contributed by atoms with Crippen molar-refractivity contribution in [3.8, 4) is 0 Å². The monoisotopic (exact) mass is 225 g/mol. The highest BCUT2D eigenvalue weighted by atomic mass is 19.4. The molecule has 0 spiro atoms. The van der Waals surface area contributed by atoms with Gasteiger partial charge in [-0.3, -0.25) is 9.78 Å². The van der Waals surface area contributed by atoms with Crippen molar-refractivity contribution < 1.29 is 26.7 Å². The van der Waals surface area contributed by atoms with E-state index in [1.165, 1.54) is 0 Å². The molecule has 0 saturated heterocycles. The molecule has 0 aliphatic carbocycles. The topological polar surface area (TPSA) is 30.0 Å². The van der Waals surface area contributed by atoms with Gasteiger partial charge in [0.25, 0.3) is 6.43 Å². The van der Waals surface area contributed by atoms with Crippen molar-refractivity contribution in [3.05, 3.63) is 29.1 Å². The Hall–Kier alpha value is -1.53. The molecule has 15 heavy (non-hydrogen) atoms. The van der Waals surface area contributed by atoms with Crippen LogP contribution in [0.2, 0.25) is 0 Å². The fourth-order valence-corrected chi connectivity index (χ4v) is 0.924. The number of hydrogen-bond acceptors (Lipinski definition) is 2. The Bertz CT molecular complexity index is 374. The Kier molecular flexibility index (Phi) is 3.01. The van der Waals surface area contributed by atoms with Gasteiger partial charge in [0.2, 0.25) is 0 Å². The van der Waals surface area contributed by atoms with Gasteiger partial charge < -0.3 is 0 Å². The molecular weight excluding hydrogens is 221 g/mol. The molecule has 0 fully saturated rings. The summed E-state index contributed by atoms with van der Waals surface area (Å²) in [6.07, 6.45) is -7.42. The molecule has 0 amide bonds. The van der Waals surface area contributed by atoms with E-state index >= 15 is 0 Å². The number of alkyl halides is 5. The summed E-state index contributed by atoms with van der Waals surface area (Å²) in [5.41, 5.74) is -2.95. The molecule has 82 valence electrons. The van der Waals surface area contributed by atoms with Crippen LogP contribution in [0.1, 0.15) is 28.0 Å². The van der Waals surface area contributed by atoms with Crippen LogP contribution >= 0.6 is 0 Å². The Morgan fingerprint density at radius 2 is 1.93 bits per heavy atom. The molecule has 1 aromatic rings. The van der Waals surface area contributed by atoms with Crippen LogP contribution in [-0.4, -0.2) is 11.3 Å². The van der Waals surface area contributed by atoms with E-state index in [2.05, 4.69) is 4.98 Å². The zero-order valence-corrected chi connectivity index (χ0v) is 7.05. The van der Waals surface area contributed by atoms with Crippen molar-refractivity contribution in [3.63, 3.8) is 0 Å². The number of halogens is 5. The quantitative estimate of drug-likeness (QED) is 0.572. The number of pyridine rings is 1. The van der Waals surface area contributed by atoms with E-state index < -0.39 is 29.4 Å². The van der Waals surface area contributed by atoms with Gasteiger partial charge >= 0.3 is 6.18 Å². The maximum Gasteiger partial charge on any atom is 0.433 e. The number of aldehydes is 1. The molecule has 7 heteroatoms. The second-order valence-corrected chi connectivity index (χ2v) is 2.61. The molecule has 0 unspecified atom stereocenters. The molecule has 1 aromatic heterocycles. The minimum atomic E-state index is -4.80. The van der Waals surface area contributed by atoms with E-state index in [0.717, 1.165) is 0 Å². The standard InChI is InChI=1S/C8H4F5NO/c9-7(10)5-1-6(8(11,12)13)14-2-4(5)3-15/h1-3,7H. The summed E-state index contributed by atoms with van der Waals surface area (Å²) < 4.78 is 60.7. The minimum Gasteiger partial charge on any atom is -0.298 e. The summed E-state index contributed by atoms with van der Waals surface area (Å²) in [7, 11) is 0. The second-order valence-electron chi connectivity index (χ2n) is 2.61. The van der Waals surface area contributed by atoms with Crippen LogP contribution in [0.5, 0.6) is 0 Å². The predicted molar refractivity (Wildman–Crippen MR) is 39.6 cm³/mol. The van der Waals surface area contributed by atoms with Crippen LogP contribution in [0, 0.1) is 0 Å². The van der Waals surface area contributed by atoms with E-state index in [1.807, 2.05) is 0 Å². The molecule has 1 heterocycles. The molecule has 2 nitrogen and oxygen atoms in total. The minimum absolute atomic E-state index is 0.0364. The van der Waals surface area contributed by atoms with Gasteiger partial charge in [0.1, 0.15) is 5.69 Å². The highest BCUT2D eigenvalue weighted by molar-refractivity contribution is 5.76. The third kappa shape index (κ3) is 2.48. The van der Waals surface area contributed by atoms with Gasteiger partial charge in [-0.15, -0.1) is 0 Å². The first-order chi connectivity index (χ1) is 6.86. The van der Waals surface area contributed by atoms with Gasteiger partial charge in [-0.1, -0.05) is 0 Å². The van der Waals surface area contributed by atoms with Crippen molar-refractivity contribution in [2.75, 3.05) is 0 Å². The summed E-state index contributed by atoms with van der Waals surface area (Å²) in [5.74, 6) is 0. The highest BCUT2D eigenvalue weighted by Crippen LogP contribution is 2.31. The third-order valence-corrected chi connectivity index (χ3v) is 1.62. The van der Waals surface area contributed by atoms with Crippen molar-refractivity contribution in [1.29, 1.82) is 0 Å². The SMILES string of the molecule is O=Cc1cnc(C(F)(F)F)cc1C(F)F. The zero-order valence-electron chi connectivity index (χ0n) is 7.05. The van der Waals surface area contributed by atoms with Crippen molar-refractivity contribution in [1.82, 2.24) is 4.98 Å². The van der Waals surface area contributed by atoms with Crippen molar-refractivity contribution in [2.24, 2.45) is 0 Å². The van der Waals surface area contributed by atoms with E-state index in [4.69, 9.17) is 0 Å². The number of rotatable bonds is 2. The van der Waals surface area contributed by atoms with Crippen LogP contribution in [0.25, 0.3) is 0 Å². The fourth-order valence-electron chi connectivity index (χ4n) is 0.924. The summed E-state index contributed by atoms with van der Waals surface area (Å²) >= 11 is 0. The van der Waals surface area contributed by atoms with Crippen LogP contribution in [0.3, 0.4) is 0 Å².